The minimum Gasteiger partial charge on any atom is -0.456 e. The van der Waals surface area contributed by atoms with E-state index in [1.807, 2.05) is 24.3 Å². The number of benzene rings is 8. The number of hydrogen-bond donors (Lipinski definition) is 0. The zero-order valence-corrected chi connectivity index (χ0v) is 26.5. The van der Waals surface area contributed by atoms with E-state index in [4.69, 9.17) is 8.83 Å². The highest BCUT2D eigenvalue weighted by molar-refractivity contribution is 6.22. The van der Waals surface area contributed by atoms with Crippen molar-refractivity contribution in [2.24, 2.45) is 0 Å². The van der Waals surface area contributed by atoms with Crippen molar-refractivity contribution in [1.82, 2.24) is 0 Å². The molecule has 2 aromatic heterocycles. The Morgan fingerprint density at radius 1 is 0.306 bits per heavy atom. The molecule has 230 valence electrons. The second-order valence-electron chi connectivity index (χ2n) is 12.5. The molecule has 0 saturated heterocycles. The molecule has 0 bridgehead atoms. The van der Waals surface area contributed by atoms with Crippen molar-refractivity contribution in [3.05, 3.63) is 176 Å². The molecule has 8 aromatic carbocycles. The van der Waals surface area contributed by atoms with Crippen molar-refractivity contribution in [2.75, 3.05) is 4.90 Å². The van der Waals surface area contributed by atoms with Crippen molar-refractivity contribution < 1.29 is 8.83 Å². The highest BCUT2D eigenvalue weighted by atomic mass is 16.3. The van der Waals surface area contributed by atoms with Gasteiger partial charge >= 0.3 is 0 Å². The van der Waals surface area contributed by atoms with Crippen molar-refractivity contribution in [3.8, 4) is 22.3 Å². The average molecular weight is 628 g/mol. The lowest BCUT2D eigenvalue weighted by atomic mass is 9.94. The molecule has 0 N–H and O–H groups in total. The van der Waals surface area contributed by atoms with E-state index in [9.17, 15) is 0 Å². The molecule has 0 amide bonds. The number of hydrogen-bond acceptors (Lipinski definition) is 3. The topological polar surface area (TPSA) is 29.5 Å². The molecule has 2 heterocycles. The zero-order valence-electron chi connectivity index (χ0n) is 26.5. The minimum absolute atomic E-state index is 0.863. The molecule has 3 nitrogen and oxygen atoms in total. The lowest BCUT2D eigenvalue weighted by molar-refractivity contribution is 0.668. The predicted octanol–water partition coefficient (Wildman–Crippen LogP) is 13.4. The van der Waals surface area contributed by atoms with Crippen LogP contribution in [0.25, 0.3) is 76.9 Å². The van der Waals surface area contributed by atoms with Crippen LogP contribution < -0.4 is 4.90 Å². The van der Waals surface area contributed by atoms with E-state index in [1.165, 1.54) is 16.5 Å². The maximum absolute atomic E-state index is 6.43. The Balaban J connectivity index is 1.22. The van der Waals surface area contributed by atoms with Gasteiger partial charge in [0.25, 0.3) is 0 Å². The van der Waals surface area contributed by atoms with Gasteiger partial charge in [-0.05, 0) is 87.6 Å². The standard InChI is InChI=1S/C46H29NO2/c1-3-11-30(12-4-1)31-19-21-33(22-20-31)47(35-23-25-37-36-15-7-9-17-42(36)48-44(37)28-35)34-24-26-38-41(27-34)40(32-13-5-2-6-14-32)29-45-46(38)39-16-8-10-18-43(39)49-45/h1-29H. The fraction of sp³-hybridized carbons (Fsp3) is 0. The Morgan fingerprint density at radius 2 is 0.837 bits per heavy atom. The maximum Gasteiger partial charge on any atom is 0.137 e. The molecule has 3 heteroatoms. The molecule has 0 radical (unpaired) electrons. The summed E-state index contributed by atoms with van der Waals surface area (Å²) in [6.45, 7) is 0. The second-order valence-corrected chi connectivity index (χ2v) is 12.5. The van der Waals surface area contributed by atoms with Crippen LogP contribution >= 0.6 is 0 Å². The quantitative estimate of drug-likeness (QED) is 0.190. The normalized spacial score (nSPS) is 11.7. The van der Waals surface area contributed by atoms with Gasteiger partial charge in [-0.15, -0.1) is 0 Å². The van der Waals surface area contributed by atoms with Crippen LogP contribution in [-0.4, -0.2) is 0 Å². The number of furan rings is 2. The maximum atomic E-state index is 6.43. The van der Waals surface area contributed by atoms with Gasteiger partial charge in [-0.25, -0.2) is 0 Å². The Kier molecular flexibility index (Phi) is 6.18. The summed E-state index contributed by atoms with van der Waals surface area (Å²) in [7, 11) is 0. The molecule has 0 unspecified atom stereocenters. The highest BCUT2D eigenvalue weighted by Gasteiger charge is 2.20. The van der Waals surface area contributed by atoms with Crippen molar-refractivity contribution in [1.29, 1.82) is 0 Å². The molecule has 10 aromatic rings. The van der Waals surface area contributed by atoms with Crippen molar-refractivity contribution in [2.45, 2.75) is 0 Å². The first kappa shape index (κ1) is 27.5. The summed E-state index contributed by atoms with van der Waals surface area (Å²) in [6, 6.07) is 62.0. The smallest absolute Gasteiger partial charge is 0.137 e. The van der Waals surface area contributed by atoms with E-state index in [2.05, 4.69) is 157 Å². The molecule has 0 atom stereocenters. The van der Waals surface area contributed by atoms with Crippen LogP contribution in [0.2, 0.25) is 0 Å². The number of nitrogens with zero attached hydrogens (tertiary/aromatic N) is 1. The summed E-state index contributed by atoms with van der Waals surface area (Å²) in [5.74, 6) is 0. The first-order valence-electron chi connectivity index (χ1n) is 16.6. The van der Waals surface area contributed by atoms with Crippen molar-refractivity contribution in [3.63, 3.8) is 0 Å². The van der Waals surface area contributed by atoms with Crippen LogP contribution in [0.15, 0.2) is 185 Å². The number of fused-ring (bicyclic) bond motifs is 8. The van der Waals surface area contributed by atoms with Gasteiger partial charge in [0, 0.05) is 44.7 Å². The van der Waals surface area contributed by atoms with Gasteiger partial charge in [-0.3, -0.25) is 0 Å². The van der Waals surface area contributed by atoms with Crippen LogP contribution in [-0.2, 0) is 0 Å². The summed E-state index contributed by atoms with van der Waals surface area (Å²) in [5, 5.41) is 6.82. The molecule has 0 fully saturated rings. The monoisotopic (exact) mass is 627 g/mol. The SMILES string of the molecule is c1ccc(-c2ccc(N(c3ccc4c(c3)oc3ccccc34)c3ccc4c(c3)c(-c3ccccc3)cc3oc5ccccc5c34)cc2)cc1. The van der Waals surface area contributed by atoms with E-state index < -0.39 is 0 Å². The number of para-hydroxylation sites is 2. The van der Waals surface area contributed by atoms with Crippen molar-refractivity contribution >= 4 is 71.7 Å². The molecule has 49 heavy (non-hydrogen) atoms. The molecule has 0 aliphatic heterocycles. The van der Waals surface area contributed by atoms with Crippen LogP contribution in [0, 0.1) is 0 Å². The molecule has 0 aliphatic carbocycles. The highest BCUT2D eigenvalue weighted by Crippen LogP contribution is 2.44. The Hall–Kier alpha value is -6.58. The minimum atomic E-state index is 0.863. The molecular formula is C46H29NO2. The third-order valence-corrected chi connectivity index (χ3v) is 9.66. The lowest BCUT2D eigenvalue weighted by Crippen LogP contribution is -2.10. The molecular weight excluding hydrogens is 599 g/mol. The largest absolute Gasteiger partial charge is 0.456 e. The van der Waals surface area contributed by atoms with Gasteiger partial charge in [-0.1, -0.05) is 115 Å². The molecule has 0 spiro atoms. The van der Waals surface area contributed by atoms with E-state index >= 15 is 0 Å². The van der Waals surface area contributed by atoms with Gasteiger partial charge in [0.1, 0.15) is 22.3 Å². The first-order chi connectivity index (χ1) is 24.3. The summed E-state index contributed by atoms with van der Waals surface area (Å²) in [6.07, 6.45) is 0. The fourth-order valence-electron chi connectivity index (χ4n) is 7.36. The molecule has 0 saturated carbocycles. The van der Waals surface area contributed by atoms with Gasteiger partial charge in [0.05, 0.1) is 0 Å². The van der Waals surface area contributed by atoms with Gasteiger partial charge in [0.2, 0.25) is 0 Å². The Morgan fingerprint density at radius 3 is 1.59 bits per heavy atom. The van der Waals surface area contributed by atoms with Crippen LogP contribution in [0.4, 0.5) is 17.1 Å². The Labute approximate surface area is 282 Å². The zero-order chi connectivity index (χ0) is 32.3. The summed E-state index contributed by atoms with van der Waals surface area (Å²) < 4.78 is 12.8. The molecule has 0 aliphatic rings. The predicted molar refractivity (Wildman–Crippen MR) is 204 cm³/mol. The van der Waals surface area contributed by atoms with Gasteiger partial charge in [-0.2, -0.15) is 0 Å². The summed E-state index contributed by atoms with van der Waals surface area (Å²) >= 11 is 0. The Bertz CT molecular complexity index is 2810. The average Bonchev–Trinajstić information content (AvgIpc) is 3.74. The van der Waals surface area contributed by atoms with Crippen LogP contribution in [0.3, 0.4) is 0 Å². The third-order valence-electron chi connectivity index (χ3n) is 9.66. The second kappa shape index (κ2) is 11.0. The third kappa shape index (κ3) is 4.51. The summed E-state index contributed by atoms with van der Waals surface area (Å²) in [5.41, 5.74) is 11.3. The van der Waals surface area contributed by atoms with Gasteiger partial charge < -0.3 is 13.7 Å². The van der Waals surface area contributed by atoms with E-state index in [1.54, 1.807) is 0 Å². The van der Waals surface area contributed by atoms with E-state index in [0.29, 0.717) is 0 Å². The number of rotatable bonds is 5. The summed E-state index contributed by atoms with van der Waals surface area (Å²) in [4.78, 5) is 2.33. The molecule has 10 rings (SSSR count). The number of anilines is 3. The lowest BCUT2D eigenvalue weighted by Gasteiger charge is -2.26. The first-order valence-corrected chi connectivity index (χ1v) is 16.6. The fourth-order valence-corrected chi connectivity index (χ4v) is 7.36. The van der Waals surface area contributed by atoms with E-state index in [0.717, 1.165) is 77.5 Å². The van der Waals surface area contributed by atoms with E-state index in [-0.39, 0.29) is 0 Å². The van der Waals surface area contributed by atoms with Crippen LogP contribution in [0.1, 0.15) is 0 Å². The van der Waals surface area contributed by atoms with Gasteiger partial charge in [0.15, 0.2) is 0 Å². The van der Waals surface area contributed by atoms with Crippen LogP contribution in [0.5, 0.6) is 0 Å².